The van der Waals surface area contributed by atoms with E-state index in [1.807, 2.05) is 30.3 Å². The third-order valence-electron chi connectivity index (χ3n) is 4.68. The molecule has 1 fully saturated rings. The fourth-order valence-electron chi connectivity index (χ4n) is 3.22. The van der Waals surface area contributed by atoms with E-state index in [4.69, 9.17) is 4.74 Å². The second-order valence-electron chi connectivity index (χ2n) is 6.32. The number of hydrogen-bond acceptors (Lipinski definition) is 3. The van der Waals surface area contributed by atoms with E-state index in [9.17, 15) is 4.79 Å². The highest BCUT2D eigenvalue weighted by Crippen LogP contribution is 2.22. The molecule has 1 amide bonds. The lowest BCUT2D eigenvalue weighted by atomic mass is 10.2. The van der Waals surface area contributed by atoms with E-state index in [-0.39, 0.29) is 5.91 Å². The molecule has 0 bridgehead atoms. The van der Waals surface area contributed by atoms with Crippen LogP contribution in [0.2, 0.25) is 0 Å². The first-order valence-corrected chi connectivity index (χ1v) is 8.82. The summed E-state index contributed by atoms with van der Waals surface area (Å²) in [6.45, 7) is 5.07. The van der Waals surface area contributed by atoms with Crippen molar-refractivity contribution < 1.29 is 14.4 Å². The number of carbonyl (C=O) groups is 1. The average Bonchev–Trinajstić information content (AvgIpc) is 2.68. The Morgan fingerprint density at radius 2 is 1.76 bits per heavy atom. The summed E-state index contributed by atoms with van der Waals surface area (Å²) in [5, 5.41) is 2.95. The Bertz CT molecular complexity index is 682. The van der Waals surface area contributed by atoms with Crippen molar-refractivity contribution in [2.45, 2.75) is 6.42 Å². The minimum Gasteiger partial charge on any atom is -0.495 e. The SMILES string of the molecule is COc1ccccc1NC(=O)CC[NH+]1CCN(c2ccccc2)CC1. The minimum absolute atomic E-state index is 0.0440. The number of benzene rings is 2. The van der Waals surface area contributed by atoms with Crippen LogP contribution in [-0.4, -0.2) is 45.7 Å². The molecule has 0 spiro atoms. The standard InChI is InChI=1S/C20H25N3O2/c1-25-19-10-6-5-9-18(19)21-20(24)11-12-22-13-15-23(16-14-22)17-7-3-2-4-8-17/h2-10H,11-16H2,1H3,(H,21,24)/p+1. The summed E-state index contributed by atoms with van der Waals surface area (Å²) in [6, 6.07) is 18.0. The van der Waals surface area contributed by atoms with Crippen LogP contribution < -0.4 is 19.9 Å². The van der Waals surface area contributed by atoms with Crippen LogP contribution in [0, 0.1) is 0 Å². The van der Waals surface area contributed by atoms with Crippen molar-refractivity contribution in [3.05, 3.63) is 54.6 Å². The Morgan fingerprint density at radius 1 is 1.08 bits per heavy atom. The van der Waals surface area contributed by atoms with Crippen LogP contribution in [-0.2, 0) is 4.79 Å². The predicted octanol–water partition coefficient (Wildman–Crippen LogP) is 1.43. The van der Waals surface area contributed by atoms with E-state index >= 15 is 0 Å². The lowest BCUT2D eigenvalue weighted by molar-refractivity contribution is -0.900. The summed E-state index contributed by atoms with van der Waals surface area (Å²) in [6.07, 6.45) is 0.527. The van der Waals surface area contributed by atoms with Gasteiger partial charge in [0.15, 0.2) is 0 Å². The van der Waals surface area contributed by atoms with Crippen LogP contribution >= 0.6 is 0 Å². The zero-order valence-electron chi connectivity index (χ0n) is 14.7. The normalized spacial score (nSPS) is 15.0. The van der Waals surface area contributed by atoms with Crippen molar-refractivity contribution in [3.8, 4) is 5.75 Å². The molecule has 3 rings (SSSR count). The minimum atomic E-state index is 0.0440. The van der Waals surface area contributed by atoms with Gasteiger partial charge in [0, 0.05) is 5.69 Å². The second-order valence-corrected chi connectivity index (χ2v) is 6.32. The third kappa shape index (κ3) is 4.73. The fourth-order valence-corrected chi connectivity index (χ4v) is 3.22. The third-order valence-corrected chi connectivity index (χ3v) is 4.68. The number of nitrogens with zero attached hydrogens (tertiary/aromatic N) is 1. The van der Waals surface area contributed by atoms with Crippen molar-refractivity contribution in [2.75, 3.05) is 50.1 Å². The number of anilines is 2. The molecule has 5 nitrogen and oxygen atoms in total. The van der Waals surface area contributed by atoms with Crippen LogP contribution in [0.4, 0.5) is 11.4 Å². The van der Waals surface area contributed by atoms with E-state index in [1.165, 1.54) is 10.6 Å². The van der Waals surface area contributed by atoms with Gasteiger partial charge >= 0.3 is 0 Å². The molecule has 2 N–H and O–H groups in total. The monoisotopic (exact) mass is 340 g/mol. The number of methoxy groups -OCH3 is 1. The number of nitrogens with one attached hydrogen (secondary N) is 2. The Balaban J connectivity index is 1.43. The number of amides is 1. The molecule has 0 radical (unpaired) electrons. The Morgan fingerprint density at radius 3 is 2.48 bits per heavy atom. The lowest BCUT2D eigenvalue weighted by Gasteiger charge is -2.33. The first kappa shape index (κ1) is 17.3. The van der Waals surface area contributed by atoms with Gasteiger partial charge in [0.1, 0.15) is 5.75 Å². The molecule has 0 unspecified atom stereocenters. The maximum atomic E-state index is 12.2. The number of hydrogen-bond donors (Lipinski definition) is 2. The zero-order chi connectivity index (χ0) is 17.5. The number of para-hydroxylation sites is 3. The molecule has 1 saturated heterocycles. The molecule has 25 heavy (non-hydrogen) atoms. The molecular weight excluding hydrogens is 314 g/mol. The summed E-state index contributed by atoms with van der Waals surface area (Å²) >= 11 is 0. The molecule has 5 heteroatoms. The maximum absolute atomic E-state index is 12.2. The van der Waals surface area contributed by atoms with E-state index in [0.717, 1.165) is 38.4 Å². The molecule has 0 atom stereocenters. The van der Waals surface area contributed by atoms with Gasteiger partial charge in [-0.3, -0.25) is 4.79 Å². The van der Waals surface area contributed by atoms with Crippen molar-refractivity contribution in [3.63, 3.8) is 0 Å². The van der Waals surface area contributed by atoms with Gasteiger partial charge in [-0.05, 0) is 24.3 Å². The Hall–Kier alpha value is -2.53. The van der Waals surface area contributed by atoms with Crippen molar-refractivity contribution in [1.29, 1.82) is 0 Å². The van der Waals surface area contributed by atoms with Gasteiger partial charge in [0.05, 0.1) is 51.9 Å². The quantitative estimate of drug-likeness (QED) is 0.836. The topological polar surface area (TPSA) is 46.0 Å². The fraction of sp³-hybridized carbons (Fsp3) is 0.350. The molecule has 0 aliphatic carbocycles. The van der Waals surface area contributed by atoms with Crippen LogP contribution in [0.25, 0.3) is 0 Å². The second kappa shape index (κ2) is 8.53. The number of piperazine rings is 1. The number of carbonyl (C=O) groups excluding carboxylic acids is 1. The van der Waals surface area contributed by atoms with Gasteiger partial charge in [-0.25, -0.2) is 0 Å². The van der Waals surface area contributed by atoms with Gasteiger partial charge in [-0.15, -0.1) is 0 Å². The van der Waals surface area contributed by atoms with E-state index in [0.29, 0.717) is 12.2 Å². The molecule has 2 aromatic carbocycles. The summed E-state index contributed by atoms with van der Waals surface area (Å²) in [4.78, 5) is 16.1. The number of quaternary nitrogens is 1. The first-order valence-electron chi connectivity index (χ1n) is 8.82. The highest BCUT2D eigenvalue weighted by atomic mass is 16.5. The predicted molar refractivity (Wildman–Crippen MR) is 100 cm³/mol. The van der Waals surface area contributed by atoms with Crippen LogP contribution in [0.1, 0.15) is 6.42 Å². The van der Waals surface area contributed by atoms with Crippen LogP contribution in [0.15, 0.2) is 54.6 Å². The van der Waals surface area contributed by atoms with Gasteiger partial charge in [0.2, 0.25) is 5.91 Å². The summed E-state index contributed by atoms with van der Waals surface area (Å²) < 4.78 is 5.27. The average molecular weight is 340 g/mol. The van der Waals surface area contributed by atoms with Crippen molar-refractivity contribution >= 4 is 17.3 Å². The molecule has 1 heterocycles. The Kier molecular flexibility index (Phi) is 5.90. The molecule has 0 aromatic heterocycles. The molecule has 0 saturated carbocycles. The summed E-state index contributed by atoms with van der Waals surface area (Å²) in [7, 11) is 1.61. The maximum Gasteiger partial charge on any atom is 0.230 e. The van der Waals surface area contributed by atoms with Crippen molar-refractivity contribution in [2.24, 2.45) is 0 Å². The number of rotatable bonds is 6. The smallest absolute Gasteiger partial charge is 0.230 e. The molecule has 1 aliphatic rings. The van der Waals surface area contributed by atoms with Gasteiger partial charge < -0.3 is 19.9 Å². The largest absolute Gasteiger partial charge is 0.495 e. The van der Waals surface area contributed by atoms with Crippen molar-refractivity contribution in [1.82, 2.24) is 0 Å². The molecule has 1 aliphatic heterocycles. The van der Waals surface area contributed by atoms with E-state index in [2.05, 4.69) is 34.5 Å². The lowest BCUT2D eigenvalue weighted by Crippen LogP contribution is -3.15. The highest BCUT2D eigenvalue weighted by molar-refractivity contribution is 5.92. The van der Waals surface area contributed by atoms with Crippen LogP contribution in [0.3, 0.4) is 0 Å². The molecule has 2 aromatic rings. The molecule has 132 valence electrons. The van der Waals surface area contributed by atoms with E-state index < -0.39 is 0 Å². The summed E-state index contributed by atoms with van der Waals surface area (Å²) in [5.74, 6) is 0.738. The Labute approximate surface area is 149 Å². The van der Waals surface area contributed by atoms with Gasteiger partial charge in [0.25, 0.3) is 0 Å². The summed E-state index contributed by atoms with van der Waals surface area (Å²) in [5.41, 5.74) is 2.02. The molecular formula is C20H26N3O2+. The van der Waals surface area contributed by atoms with Crippen LogP contribution in [0.5, 0.6) is 5.75 Å². The first-order chi connectivity index (χ1) is 12.3. The van der Waals surface area contributed by atoms with Gasteiger partial charge in [-0.1, -0.05) is 30.3 Å². The number of ether oxygens (including phenoxy) is 1. The zero-order valence-corrected chi connectivity index (χ0v) is 14.7. The van der Waals surface area contributed by atoms with E-state index in [1.54, 1.807) is 7.11 Å². The highest BCUT2D eigenvalue weighted by Gasteiger charge is 2.20. The van der Waals surface area contributed by atoms with Gasteiger partial charge in [-0.2, -0.15) is 0 Å².